The molecule has 1 aliphatic rings. The van der Waals surface area contributed by atoms with Gasteiger partial charge < -0.3 is 15.5 Å². The molecule has 0 aliphatic carbocycles. The smallest absolute Gasteiger partial charge is 0.239 e. The standard InChI is InChI=1S/C15H24N4O/c1-12(17(2)3)15(20)19-10-8-18(9-11-19)14-6-4-13(16)5-7-14/h4-7,12H,8-11,16H2,1-3H3. The van der Waals surface area contributed by atoms with Gasteiger partial charge in [-0.3, -0.25) is 9.69 Å². The van der Waals surface area contributed by atoms with Gasteiger partial charge in [0.25, 0.3) is 0 Å². The van der Waals surface area contributed by atoms with E-state index in [0.29, 0.717) is 0 Å². The first-order chi connectivity index (χ1) is 9.49. The van der Waals surface area contributed by atoms with E-state index in [4.69, 9.17) is 5.73 Å². The summed E-state index contributed by atoms with van der Waals surface area (Å²) in [5, 5.41) is 0. The lowest BCUT2D eigenvalue weighted by Crippen LogP contribution is -2.53. The fourth-order valence-corrected chi connectivity index (χ4v) is 2.36. The van der Waals surface area contributed by atoms with Crippen molar-refractivity contribution in [1.82, 2.24) is 9.80 Å². The summed E-state index contributed by atoms with van der Waals surface area (Å²) >= 11 is 0. The lowest BCUT2D eigenvalue weighted by Gasteiger charge is -2.38. The summed E-state index contributed by atoms with van der Waals surface area (Å²) in [5.74, 6) is 0.215. The van der Waals surface area contributed by atoms with Gasteiger partial charge in [0.2, 0.25) is 5.91 Å². The number of hydrogen-bond donors (Lipinski definition) is 1. The molecular formula is C15H24N4O. The molecule has 0 radical (unpaired) electrons. The Balaban J connectivity index is 1.92. The van der Waals surface area contributed by atoms with Gasteiger partial charge in [-0.15, -0.1) is 0 Å². The molecule has 1 aromatic rings. The molecule has 110 valence electrons. The Labute approximate surface area is 120 Å². The van der Waals surface area contributed by atoms with Crippen LogP contribution in [0.15, 0.2) is 24.3 Å². The fourth-order valence-electron chi connectivity index (χ4n) is 2.36. The predicted molar refractivity (Wildman–Crippen MR) is 82.8 cm³/mol. The highest BCUT2D eigenvalue weighted by atomic mass is 16.2. The average molecular weight is 276 g/mol. The van der Waals surface area contributed by atoms with Crippen molar-refractivity contribution in [2.45, 2.75) is 13.0 Å². The molecule has 20 heavy (non-hydrogen) atoms. The first-order valence-corrected chi connectivity index (χ1v) is 7.04. The van der Waals surface area contributed by atoms with E-state index >= 15 is 0 Å². The zero-order valence-electron chi connectivity index (χ0n) is 12.5. The lowest BCUT2D eigenvalue weighted by atomic mass is 10.2. The topological polar surface area (TPSA) is 52.8 Å². The first-order valence-electron chi connectivity index (χ1n) is 7.04. The zero-order chi connectivity index (χ0) is 14.7. The number of piperazine rings is 1. The molecule has 0 aromatic heterocycles. The van der Waals surface area contributed by atoms with Gasteiger partial charge >= 0.3 is 0 Å². The maximum Gasteiger partial charge on any atom is 0.239 e. The molecule has 1 heterocycles. The number of likely N-dealkylation sites (N-methyl/N-ethyl adjacent to an activating group) is 1. The molecule has 2 rings (SSSR count). The van der Waals surface area contributed by atoms with E-state index in [1.165, 1.54) is 5.69 Å². The molecule has 1 aromatic carbocycles. The Morgan fingerprint density at radius 3 is 2.20 bits per heavy atom. The van der Waals surface area contributed by atoms with Crippen molar-refractivity contribution in [3.05, 3.63) is 24.3 Å². The number of anilines is 2. The second-order valence-electron chi connectivity index (χ2n) is 5.54. The molecule has 1 atom stereocenters. The van der Waals surface area contributed by atoms with E-state index in [-0.39, 0.29) is 11.9 Å². The molecule has 0 spiro atoms. The predicted octanol–water partition coefficient (Wildman–Crippen LogP) is 0.867. The summed E-state index contributed by atoms with van der Waals surface area (Å²) in [6.07, 6.45) is 0. The molecule has 1 unspecified atom stereocenters. The van der Waals surface area contributed by atoms with Crippen LogP contribution in [0.4, 0.5) is 11.4 Å². The van der Waals surface area contributed by atoms with Gasteiger partial charge in [-0.05, 0) is 45.3 Å². The van der Waals surface area contributed by atoms with Gasteiger partial charge in [0.1, 0.15) is 0 Å². The molecular weight excluding hydrogens is 252 g/mol. The molecule has 5 nitrogen and oxygen atoms in total. The van der Waals surface area contributed by atoms with Gasteiger partial charge in [-0.25, -0.2) is 0 Å². The van der Waals surface area contributed by atoms with Crippen LogP contribution < -0.4 is 10.6 Å². The minimum Gasteiger partial charge on any atom is -0.399 e. The Kier molecular flexibility index (Phi) is 4.49. The monoisotopic (exact) mass is 276 g/mol. The van der Waals surface area contributed by atoms with Gasteiger partial charge in [-0.1, -0.05) is 0 Å². The van der Waals surface area contributed by atoms with Crippen LogP contribution in [0.2, 0.25) is 0 Å². The third-order valence-electron chi connectivity index (χ3n) is 3.98. The third kappa shape index (κ3) is 3.22. The summed E-state index contributed by atoms with van der Waals surface area (Å²) in [5.41, 5.74) is 7.66. The highest BCUT2D eigenvalue weighted by molar-refractivity contribution is 5.81. The Hall–Kier alpha value is -1.75. The maximum absolute atomic E-state index is 12.3. The summed E-state index contributed by atoms with van der Waals surface area (Å²) in [4.78, 5) is 18.5. The molecule has 0 bridgehead atoms. The number of nitrogens with zero attached hydrogens (tertiary/aromatic N) is 3. The number of rotatable bonds is 3. The Morgan fingerprint density at radius 1 is 1.15 bits per heavy atom. The molecule has 1 saturated heterocycles. The van der Waals surface area contributed by atoms with E-state index in [0.717, 1.165) is 31.9 Å². The number of carbonyl (C=O) groups excluding carboxylic acids is 1. The molecule has 1 aliphatic heterocycles. The second kappa shape index (κ2) is 6.13. The molecule has 1 amide bonds. The van der Waals surface area contributed by atoms with Crippen LogP contribution >= 0.6 is 0 Å². The van der Waals surface area contributed by atoms with E-state index < -0.39 is 0 Å². The molecule has 2 N–H and O–H groups in total. The Morgan fingerprint density at radius 2 is 1.70 bits per heavy atom. The van der Waals surface area contributed by atoms with Crippen molar-refractivity contribution in [2.75, 3.05) is 50.9 Å². The van der Waals surface area contributed by atoms with Crippen LogP contribution in [-0.4, -0.2) is 62.0 Å². The fraction of sp³-hybridized carbons (Fsp3) is 0.533. The minimum absolute atomic E-state index is 0.0573. The number of nitrogens with two attached hydrogens (primary N) is 1. The average Bonchev–Trinajstić information content (AvgIpc) is 2.46. The van der Waals surface area contributed by atoms with Crippen molar-refractivity contribution < 1.29 is 4.79 Å². The quantitative estimate of drug-likeness (QED) is 0.832. The van der Waals surface area contributed by atoms with Crippen LogP contribution in [0.3, 0.4) is 0 Å². The number of nitrogen functional groups attached to an aromatic ring is 1. The second-order valence-corrected chi connectivity index (χ2v) is 5.54. The molecule has 5 heteroatoms. The van der Waals surface area contributed by atoms with Gasteiger partial charge in [0, 0.05) is 37.6 Å². The number of amides is 1. The van der Waals surface area contributed by atoms with E-state index in [9.17, 15) is 4.79 Å². The van der Waals surface area contributed by atoms with Crippen molar-refractivity contribution >= 4 is 17.3 Å². The minimum atomic E-state index is -0.0573. The lowest BCUT2D eigenvalue weighted by molar-refractivity contribution is -0.135. The normalized spacial score (nSPS) is 17.4. The van der Waals surface area contributed by atoms with Gasteiger partial charge in [-0.2, -0.15) is 0 Å². The summed E-state index contributed by atoms with van der Waals surface area (Å²) < 4.78 is 0. The highest BCUT2D eigenvalue weighted by Gasteiger charge is 2.25. The van der Waals surface area contributed by atoms with Crippen molar-refractivity contribution in [3.63, 3.8) is 0 Å². The zero-order valence-corrected chi connectivity index (χ0v) is 12.5. The van der Waals surface area contributed by atoms with Gasteiger partial charge in [0.05, 0.1) is 6.04 Å². The third-order valence-corrected chi connectivity index (χ3v) is 3.98. The van der Waals surface area contributed by atoms with E-state index in [1.807, 2.05) is 55.1 Å². The Bertz CT molecular complexity index is 449. The van der Waals surface area contributed by atoms with E-state index in [1.54, 1.807) is 0 Å². The number of benzene rings is 1. The maximum atomic E-state index is 12.3. The van der Waals surface area contributed by atoms with Crippen molar-refractivity contribution in [1.29, 1.82) is 0 Å². The SMILES string of the molecule is CC(C(=O)N1CCN(c2ccc(N)cc2)CC1)N(C)C. The largest absolute Gasteiger partial charge is 0.399 e. The number of carbonyl (C=O) groups is 1. The first kappa shape index (κ1) is 14.7. The summed E-state index contributed by atoms with van der Waals surface area (Å²) in [7, 11) is 3.88. The highest BCUT2D eigenvalue weighted by Crippen LogP contribution is 2.18. The molecule has 0 saturated carbocycles. The van der Waals surface area contributed by atoms with Crippen LogP contribution in [0.1, 0.15) is 6.92 Å². The van der Waals surface area contributed by atoms with Crippen LogP contribution in [0.25, 0.3) is 0 Å². The van der Waals surface area contributed by atoms with E-state index in [2.05, 4.69) is 4.90 Å². The van der Waals surface area contributed by atoms with Crippen LogP contribution in [-0.2, 0) is 4.79 Å². The van der Waals surface area contributed by atoms with Crippen molar-refractivity contribution in [2.24, 2.45) is 0 Å². The van der Waals surface area contributed by atoms with Crippen LogP contribution in [0.5, 0.6) is 0 Å². The van der Waals surface area contributed by atoms with Crippen LogP contribution in [0, 0.1) is 0 Å². The number of hydrogen-bond acceptors (Lipinski definition) is 4. The summed E-state index contributed by atoms with van der Waals surface area (Å²) in [6, 6.07) is 7.85. The van der Waals surface area contributed by atoms with Crippen molar-refractivity contribution in [3.8, 4) is 0 Å². The molecule has 1 fully saturated rings. The van der Waals surface area contributed by atoms with Gasteiger partial charge in [0.15, 0.2) is 0 Å². The summed E-state index contributed by atoms with van der Waals surface area (Å²) in [6.45, 7) is 5.25.